The Morgan fingerprint density at radius 1 is 1.39 bits per heavy atom. The molecule has 0 aliphatic carbocycles. The molecule has 1 aromatic rings. The number of hydroxylamine groups is 1. The summed E-state index contributed by atoms with van der Waals surface area (Å²) in [6.45, 7) is 6.49. The summed E-state index contributed by atoms with van der Waals surface area (Å²) in [4.78, 5) is 19.7. The quantitative estimate of drug-likeness (QED) is 0.628. The predicted octanol–water partition coefficient (Wildman–Crippen LogP) is 1.72. The maximum atomic E-state index is 11.8. The van der Waals surface area contributed by atoms with Gasteiger partial charge in [0.05, 0.1) is 24.3 Å². The molecule has 1 aromatic carbocycles. The van der Waals surface area contributed by atoms with Gasteiger partial charge in [-0.05, 0) is 11.6 Å². The van der Waals surface area contributed by atoms with Crippen molar-refractivity contribution < 1.29 is 19.1 Å². The molecule has 0 aromatic heterocycles. The Bertz CT molecular complexity index is 685. The van der Waals surface area contributed by atoms with E-state index in [-0.39, 0.29) is 24.1 Å². The maximum Gasteiger partial charge on any atom is 0.220 e. The van der Waals surface area contributed by atoms with E-state index in [0.717, 1.165) is 22.4 Å². The molecule has 4 rings (SSSR count). The van der Waals surface area contributed by atoms with Crippen LogP contribution in [0.25, 0.3) is 5.57 Å². The van der Waals surface area contributed by atoms with Crippen LogP contribution in [0.3, 0.4) is 0 Å². The molecule has 6 nitrogen and oxygen atoms in total. The number of benzene rings is 1. The minimum absolute atomic E-state index is 0.0914. The van der Waals surface area contributed by atoms with Crippen LogP contribution < -0.4 is 5.06 Å². The Balaban J connectivity index is 1.71. The molecular weight excluding hydrogens is 296 g/mol. The standard InChI is InChI=1S/C17H20N2O4/c1-9-12-6-5-11(17(21-3)22-4)7-13(12)18-8-14-15(16(9)23-18)19(14)10(2)20/h5-7,14-17H,1,8H2,2-4H3. The Hall–Kier alpha value is -1.89. The molecule has 3 heterocycles. The average Bonchev–Trinajstić information content (AvgIpc) is 3.28. The van der Waals surface area contributed by atoms with Crippen molar-refractivity contribution in [2.24, 2.45) is 0 Å². The van der Waals surface area contributed by atoms with E-state index in [0.29, 0.717) is 6.54 Å². The van der Waals surface area contributed by atoms with E-state index in [1.807, 2.05) is 28.2 Å². The fourth-order valence-corrected chi connectivity index (χ4v) is 3.82. The number of methoxy groups -OCH3 is 2. The fourth-order valence-electron chi connectivity index (χ4n) is 3.82. The van der Waals surface area contributed by atoms with Gasteiger partial charge in [-0.2, -0.15) is 0 Å². The van der Waals surface area contributed by atoms with Crippen molar-refractivity contribution in [2.75, 3.05) is 25.8 Å². The number of carbonyl (C=O) groups is 1. The number of ether oxygens (including phenoxy) is 2. The molecule has 2 fully saturated rings. The van der Waals surface area contributed by atoms with Gasteiger partial charge in [-0.15, -0.1) is 0 Å². The lowest BCUT2D eigenvalue weighted by Crippen LogP contribution is -2.45. The molecule has 1 amide bonds. The summed E-state index contributed by atoms with van der Waals surface area (Å²) >= 11 is 0. The largest absolute Gasteiger partial charge is 0.352 e. The zero-order valence-electron chi connectivity index (χ0n) is 13.5. The van der Waals surface area contributed by atoms with E-state index < -0.39 is 6.29 Å². The summed E-state index contributed by atoms with van der Waals surface area (Å²) < 4.78 is 10.7. The highest BCUT2D eigenvalue weighted by Crippen LogP contribution is 2.49. The monoisotopic (exact) mass is 316 g/mol. The van der Waals surface area contributed by atoms with Crippen LogP contribution in [0.2, 0.25) is 0 Å². The zero-order valence-corrected chi connectivity index (χ0v) is 13.5. The second-order valence-electron chi connectivity index (χ2n) is 6.18. The van der Waals surface area contributed by atoms with Crippen molar-refractivity contribution in [3.8, 4) is 0 Å². The van der Waals surface area contributed by atoms with Crippen molar-refractivity contribution >= 4 is 17.2 Å². The van der Waals surface area contributed by atoms with Crippen molar-refractivity contribution in [3.63, 3.8) is 0 Å². The molecule has 122 valence electrons. The van der Waals surface area contributed by atoms with Gasteiger partial charge in [-0.3, -0.25) is 14.7 Å². The normalized spacial score (nSPS) is 27.8. The van der Waals surface area contributed by atoms with Crippen LogP contribution in [0.5, 0.6) is 0 Å². The van der Waals surface area contributed by atoms with Crippen LogP contribution in [0.4, 0.5) is 5.69 Å². The van der Waals surface area contributed by atoms with Gasteiger partial charge in [0.2, 0.25) is 5.91 Å². The van der Waals surface area contributed by atoms with Gasteiger partial charge < -0.3 is 14.4 Å². The Labute approximate surface area is 135 Å². The molecule has 0 saturated carbocycles. The lowest BCUT2D eigenvalue weighted by atomic mass is 9.92. The Morgan fingerprint density at radius 2 is 2.13 bits per heavy atom. The topological polar surface area (TPSA) is 51.0 Å². The van der Waals surface area contributed by atoms with Crippen LogP contribution in [-0.4, -0.2) is 49.8 Å². The number of anilines is 1. The average molecular weight is 316 g/mol. The summed E-state index contributed by atoms with van der Waals surface area (Å²) in [6, 6.07) is 6.35. The predicted molar refractivity (Wildman–Crippen MR) is 84.6 cm³/mol. The van der Waals surface area contributed by atoms with Gasteiger partial charge in [-0.1, -0.05) is 18.7 Å². The highest BCUT2D eigenvalue weighted by atomic mass is 16.7. The number of fused-ring (bicyclic) bond motifs is 6. The van der Waals surface area contributed by atoms with Crippen molar-refractivity contribution in [2.45, 2.75) is 31.4 Å². The Morgan fingerprint density at radius 3 is 2.78 bits per heavy atom. The first-order valence-corrected chi connectivity index (χ1v) is 7.68. The number of carbonyl (C=O) groups excluding carboxylic acids is 1. The number of amides is 1. The van der Waals surface area contributed by atoms with Crippen LogP contribution in [-0.2, 0) is 19.1 Å². The summed E-state index contributed by atoms with van der Waals surface area (Å²) in [6.07, 6.45) is -0.574. The highest BCUT2D eigenvalue weighted by Gasteiger charge is 2.61. The van der Waals surface area contributed by atoms with Gasteiger partial charge >= 0.3 is 0 Å². The number of hydrogen-bond acceptors (Lipinski definition) is 5. The third kappa shape index (κ3) is 2.02. The van der Waals surface area contributed by atoms with Crippen molar-refractivity contribution in [3.05, 3.63) is 35.9 Å². The summed E-state index contributed by atoms with van der Waals surface area (Å²) in [5.41, 5.74) is 3.86. The first kappa shape index (κ1) is 14.7. The second kappa shape index (κ2) is 5.06. The molecule has 23 heavy (non-hydrogen) atoms. The Kier molecular flexibility index (Phi) is 3.23. The number of nitrogens with zero attached hydrogens (tertiary/aromatic N) is 2. The molecule has 0 radical (unpaired) electrons. The zero-order chi connectivity index (χ0) is 16.3. The minimum Gasteiger partial charge on any atom is -0.352 e. The molecule has 2 saturated heterocycles. The maximum absolute atomic E-state index is 11.8. The SMILES string of the molecule is C=C1c2ccc(C(OC)OC)cc2N2CC3C(C1O2)N3C(C)=O. The third-order valence-corrected chi connectivity index (χ3v) is 4.93. The molecule has 3 aliphatic heterocycles. The lowest BCUT2D eigenvalue weighted by Gasteiger charge is -2.39. The minimum atomic E-state index is -0.418. The fraction of sp³-hybridized carbons (Fsp3) is 0.471. The van der Waals surface area contributed by atoms with Crippen molar-refractivity contribution in [1.82, 2.24) is 4.90 Å². The molecule has 6 heteroatoms. The van der Waals surface area contributed by atoms with Gasteiger partial charge in [-0.25, -0.2) is 0 Å². The van der Waals surface area contributed by atoms with Gasteiger partial charge in [0.15, 0.2) is 6.29 Å². The van der Waals surface area contributed by atoms with E-state index in [9.17, 15) is 4.79 Å². The first-order valence-electron chi connectivity index (χ1n) is 7.68. The molecule has 3 unspecified atom stereocenters. The van der Waals surface area contributed by atoms with Gasteiger partial charge in [0.1, 0.15) is 6.10 Å². The lowest BCUT2D eigenvalue weighted by molar-refractivity contribution is -0.124. The third-order valence-electron chi connectivity index (χ3n) is 4.93. The van der Waals surface area contributed by atoms with E-state index in [2.05, 4.69) is 6.58 Å². The van der Waals surface area contributed by atoms with E-state index in [1.165, 1.54) is 0 Å². The van der Waals surface area contributed by atoms with E-state index in [1.54, 1.807) is 21.1 Å². The highest BCUT2D eigenvalue weighted by molar-refractivity contribution is 5.85. The summed E-state index contributed by atoms with van der Waals surface area (Å²) in [7, 11) is 3.22. The molecule has 2 bridgehead atoms. The summed E-state index contributed by atoms with van der Waals surface area (Å²) in [5.74, 6) is 0.0914. The van der Waals surface area contributed by atoms with E-state index in [4.69, 9.17) is 14.3 Å². The number of hydrogen-bond donors (Lipinski definition) is 0. The van der Waals surface area contributed by atoms with Crippen LogP contribution in [0.1, 0.15) is 24.3 Å². The molecular formula is C17H20N2O4. The molecule has 3 atom stereocenters. The molecule has 0 spiro atoms. The van der Waals surface area contributed by atoms with Gasteiger partial charge in [0, 0.05) is 32.3 Å². The van der Waals surface area contributed by atoms with E-state index >= 15 is 0 Å². The smallest absolute Gasteiger partial charge is 0.220 e. The molecule has 3 aliphatic rings. The van der Waals surface area contributed by atoms with Crippen LogP contribution >= 0.6 is 0 Å². The summed E-state index contributed by atoms with van der Waals surface area (Å²) in [5, 5.41) is 1.88. The van der Waals surface area contributed by atoms with Gasteiger partial charge in [0.25, 0.3) is 0 Å². The van der Waals surface area contributed by atoms with Crippen LogP contribution in [0, 0.1) is 0 Å². The first-order chi connectivity index (χ1) is 11.1. The molecule has 0 N–H and O–H groups in total. The number of rotatable bonds is 3. The van der Waals surface area contributed by atoms with Crippen molar-refractivity contribution in [1.29, 1.82) is 0 Å². The second-order valence-corrected chi connectivity index (χ2v) is 6.18. The van der Waals surface area contributed by atoms with Crippen LogP contribution in [0.15, 0.2) is 24.8 Å².